The van der Waals surface area contributed by atoms with E-state index in [4.69, 9.17) is 4.74 Å². The average Bonchev–Trinajstić information content (AvgIpc) is 2.93. The highest BCUT2D eigenvalue weighted by Gasteiger charge is 2.30. The number of carbonyl (C=O) groups is 1. The van der Waals surface area contributed by atoms with Gasteiger partial charge in [-0.1, -0.05) is 0 Å². The molecule has 22 heavy (non-hydrogen) atoms. The van der Waals surface area contributed by atoms with Crippen LogP contribution in [0, 0.1) is 13.8 Å². The predicted octanol–water partition coefficient (Wildman–Crippen LogP) is 2.56. The number of alkyl carbamates (subject to hydrolysis) is 1. The Hall–Kier alpha value is -1.56. The molecule has 2 rings (SSSR count). The summed E-state index contributed by atoms with van der Waals surface area (Å²) < 4.78 is 5.34. The first-order chi connectivity index (χ1) is 10.3. The van der Waals surface area contributed by atoms with Crippen LogP contribution in [0.4, 0.5) is 4.79 Å². The van der Waals surface area contributed by atoms with Crippen molar-refractivity contribution in [2.24, 2.45) is 0 Å². The van der Waals surface area contributed by atoms with Gasteiger partial charge in [0.25, 0.3) is 0 Å². The second kappa shape index (κ2) is 6.69. The molecule has 1 amide bonds. The summed E-state index contributed by atoms with van der Waals surface area (Å²) in [6.07, 6.45) is 2.83. The van der Waals surface area contributed by atoms with Gasteiger partial charge in [0.1, 0.15) is 5.60 Å². The molecular weight excluding hydrogens is 280 g/mol. The summed E-state index contributed by atoms with van der Waals surface area (Å²) in [6, 6.07) is 0.406. The molecule has 2 unspecified atom stereocenters. The lowest BCUT2D eigenvalue weighted by atomic mass is 10.1. The second-order valence-electron chi connectivity index (χ2n) is 7.08. The maximum atomic E-state index is 11.9. The number of aryl methyl sites for hydroxylation is 2. The molecule has 6 heteroatoms. The summed E-state index contributed by atoms with van der Waals surface area (Å²) in [4.78, 5) is 11.9. The first kappa shape index (κ1) is 16.8. The lowest BCUT2D eigenvalue weighted by Crippen LogP contribution is -2.47. The predicted molar refractivity (Wildman–Crippen MR) is 85.7 cm³/mol. The molecule has 2 atom stereocenters. The Labute approximate surface area is 132 Å². The normalized spacial score (nSPS) is 21.9. The van der Waals surface area contributed by atoms with E-state index >= 15 is 0 Å². The molecule has 1 fully saturated rings. The van der Waals surface area contributed by atoms with E-state index in [2.05, 4.69) is 20.8 Å². The van der Waals surface area contributed by atoms with Gasteiger partial charge in [0.2, 0.25) is 0 Å². The molecule has 1 aromatic rings. The van der Waals surface area contributed by atoms with Gasteiger partial charge >= 0.3 is 6.09 Å². The third-order valence-corrected chi connectivity index (χ3v) is 4.04. The van der Waals surface area contributed by atoms with Crippen molar-refractivity contribution in [1.82, 2.24) is 20.8 Å². The Bertz CT molecular complexity index is 499. The number of aromatic amines is 1. The van der Waals surface area contributed by atoms with Crippen molar-refractivity contribution >= 4 is 6.09 Å². The smallest absolute Gasteiger partial charge is 0.407 e. The Morgan fingerprint density at radius 1 is 1.32 bits per heavy atom. The lowest BCUT2D eigenvalue weighted by Gasteiger charge is -2.25. The van der Waals surface area contributed by atoms with Crippen molar-refractivity contribution in [1.29, 1.82) is 0 Å². The van der Waals surface area contributed by atoms with Crippen molar-refractivity contribution in [2.45, 2.75) is 78.1 Å². The molecule has 0 bridgehead atoms. The van der Waals surface area contributed by atoms with Crippen LogP contribution in [0.2, 0.25) is 0 Å². The number of ether oxygens (including phenoxy) is 1. The Morgan fingerprint density at radius 3 is 2.59 bits per heavy atom. The maximum Gasteiger partial charge on any atom is 0.407 e. The van der Waals surface area contributed by atoms with Crippen LogP contribution >= 0.6 is 0 Å². The van der Waals surface area contributed by atoms with Gasteiger partial charge in [-0.2, -0.15) is 5.10 Å². The largest absolute Gasteiger partial charge is 0.444 e. The molecule has 1 saturated carbocycles. The van der Waals surface area contributed by atoms with Crippen molar-refractivity contribution in [2.75, 3.05) is 0 Å². The first-order valence-electron chi connectivity index (χ1n) is 7.99. The molecule has 0 spiro atoms. The number of hydrogen-bond acceptors (Lipinski definition) is 4. The number of aromatic nitrogens is 2. The van der Waals surface area contributed by atoms with Crippen LogP contribution in [0.5, 0.6) is 0 Å². The minimum Gasteiger partial charge on any atom is -0.444 e. The number of hydrogen-bond donors (Lipinski definition) is 3. The summed E-state index contributed by atoms with van der Waals surface area (Å²) in [6.45, 7) is 10.4. The van der Waals surface area contributed by atoms with Crippen LogP contribution in [0.3, 0.4) is 0 Å². The van der Waals surface area contributed by atoms with E-state index in [0.717, 1.165) is 37.2 Å². The van der Waals surface area contributed by atoms with Crippen LogP contribution < -0.4 is 10.6 Å². The summed E-state index contributed by atoms with van der Waals surface area (Å²) in [5.41, 5.74) is 2.87. The standard InChI is InChI=1S/C16H28N4O2/c1-10-12(11(2)20-19-10)9-17-13-7-6-8-14(13)18-15(21)22-16(3,4)5/h13-14,17H,6-9H2,1-5H3,(H,18,21)(H,19,20). The van der Waals surface area contributed by atoms with Crippen LogP contribution in [0.15, 0.2) is 0 Å². The minimum atomic E-state index is -0.462. The molecule has 124 valence electrons. The van der Waals surface area contributed by atoms with Gasteiger partial charge in [0, 0.05) is 29.9 Å². The zero-order valence-electron chi connectivity index (χ0n) is 14.2. The molecule has 0 aliphatic heterocycles. The van der Waals surface area contributed by atoms with Crippen molar-refractivity contribution < 1.29 is 9.53 Å². The number of carbonyl (C=O) groups excluding carboxylic acids is 1. The monoisotopic (exact) mass is 308 g/mol. The third-order valence-electron chi connectivity index (χ3n) is 4.04. The first-order valence-corrected chi connectivity index (χ1v) is 7.99. The molecule has 0 aromatic carbocycles. The number of amides is 1. The van der Waals surface area contributed by atoms with Gasteiger partial charge in [0.05, 0.1) is 5.69 Å². The lowest BCUT2D eigenvalue weighted by molar-refractivity contribution is 0.0498. The molecule has 1 heterocycles. The molecule has 1 aromatic heterocycles. The Morgan fingerprint density at radius 2 is 2.00 bits per heavy atom. The van der Waals surface area contributed by atoms with Gasteiger partial charge in [-0.05, 0) is 53.9 Å². The highest BCUT2D eigenvalue weighted by atomic mass is 16.6. The van der Waals surface area contributed by atoms with Gasteiger partial charge in [-0.15, -0.1) is 0 Å². The molecule has 3 N–H and O–H groups in total. The van der Waals surface area contributed by atoms with Crippen LogP contribution in [0.1, 0.15) is 57.0 Å². The van der Waals surface area contributed by atoms with Crippen LogP contribution in [-0.2, 0) is 11.3 Å². The fraction of sp³-hybridized carbons (Fsp3) is 0.750. The van der Waals surface area contributed by atoms with Gasteiger partial charge in [-0.3, -0.25) is 5.10 Å². The fourth-order valence-corrected chi connectivity index (χ4v) is 2.90. The zero-order chi connectivity index (χ0) is 16.3. The van der Waals surface area contributed by atoms with E-state index in [1.54, 1.807) is 0 Å². The molecule has 0 radical (unpaired) electrons. The van der Waals surface area contributed by atoms with Crippen LogP contribution in [-0.4, -0.2) is 34.0 Å². The highest BCUT2D eigenvalue weighted by Crippen LogP contribution is 2.21. The molecule has 1 aliphatic carbocycles. The number of H-pyrrole nitrogens is 1. The Balaban J connectivity index is 1.87. The molecular formula is C16H28N4O2. The van der Waals surface area contributed by atoms with E-state index in [9.17, 15) is 4.79 Å². The Kier molecular flexibility index (Phi) is 5.11. The summed E-state index contributed by atoms with van der Waals surface area (Å²) in [5, 5.41) is 13.8. The highest BCUT2D eigenvalue weighted by molar-refractivity contribution is 5.68. The van der Waals surface area contributed by atoms with Crippen molar-refractivity contribution in [3.63, 3.8) is 0 Å². The maximum absolute atomic E-state index is 11.9. The van der Waals surface area contributed by atoms with Gasteiger partial charge in [0.15, 0.2) is 0 Å². The molecule has 1 aliphatic rings. The van der Waals surface area contributed by atoms with E-state index in [-0.39, 0.29) is 18.2 Å². The summed E-state index contributed by atoms with van der Waals surface area (Å²) in [5.74, 6) is 0. The average molecular weight is 308 g/mol. The van der Waals surface area contributed by atoms with E-state index < -0.39 is 5.60 Å². The number of rotatable bonds is 4. The van der Waals surface area contributed by atoms with Crippen LogP contribution in [0.25, 0.3) is 0 Å². The zero-order valence-corrected chi connectivity index (χ0v) is 14.2. The fourth-order valence-electron chi connectivity index (χ4n) is 2.90. The van der Waals surface area contributed by atoms with Crippen molar-refractivity contribution in [3.05, 3.63) is 17.0 Å². The van der Waals surface area contributed by atoms with Gasteiger partial charge in [-0.25, -0.2) is 4.79 Å². The van der Waals surface area contributed by atoms with Crippen molar-refractivity contribution in [3.8, 4) is 0 Å². The topological polar surface area (TPSA) is 79.0 Å². The van der Waals surface area contributed by atoms with E-state index in [0.29, 0.717) is 0 Å². The molecule has 6 nitrogen and oxygen atoms in total. The minimum absolute atomic E-state index is 0.127. The third kappa shape index (κ3) is 4.47. The number of nitrogens with zero attached hydrogens (tertiary/aromatic N) is 1. The second-order valence-corrected chi connectivity index (χ2v) is 7.08. The number of nitrogens with one attached hydrogen (secondary N) is 3. The quantitative estimate of drug-likeness (QED) is 0.798. The summed E-state index contributed by atoms with van der Waals surface area (Å²) >= 11 is 0. The van der Waals surface area contributed by atoms with E-state index in [1.807, 2.05) is 34.6 Å². The van der Waals surface area contributed by atoms with Gasteiger partial charge < -0.3 is 15.4 Å². The molecule has 0 saturated heterocycles. The summed E-state index contributed by atoms with van der Waals surface area (Å²) in [7, 11) is 0. The SMILES string of the molecule is Cc1n[nH]c(C)c1CNC1CCCC1NC(=O)OC(C)(C)C. The van der Waals surface area contributed by atoms with E-state index in [1.165, 1.54) is 5.56 Å².